The van der Waals surface area contributed by atoms with Crippen molar-refractivity contribution in [2.45, 2.75) is 59.2 Å². The molecule has 11 heteroatoms. The summed E-state index contributed by atoms with van der Waals surface area (Å²) in [5.41, 5.74) is 0.283. The van der Waals surface area contributed by atoms with Crippen molar-refractivity contribution in [2.24, 2.45) is 0 Å². The summed E-state index contributed by atoms with van der Waals surface area (Å²) in [5, 5.41) is 13.9. The van der Waals surface area contributed by atoms with E-state index in [9.17, 15) is 19.2 Å². The molecule has 45 heavy (non-hydrogen) atoms. The quantitative estimate of drug-likeness (QED) is 0.163. The Morgan fingerprint density at radius 2 is 1.31 bits per heavy atom. The van der Waals surface area contributed by atoms with Crippen molar-refractivity contribution < 1.29 is 28.7 Å². The van der Waals surface area contributed by atoms with Gasteiger partial charge in [0.2, 0.25) is 11.9 Å². The van der Waals surface area contributed by atoms with Crippen molar-refractivity contribution in [3.05, 3.63) is 96.1 Å². The number of nitrogens with one attached hydrogen (secondary N) is 3. The van der Waals surface area contributed by atoms with E-state index in [1.54, 1.807) is 114 Å². The number of benzene rings is 3. The monoisotopic (exact) mass is 615 g/mol. The topological polar surface area (TPSA) is 141 Å². The van der Waals surface area contributed by atoms with Crippen LogP contribution >= 0.6 is 0 Å². The highest BCUT2D eigenvalue weighted by Gasteiger charge is 2.29. The van der Waals surface area contributed by atoms with Crippen molar-refractivity contribution in [1.82, 2.24) is 10.6 Å². The minimum atomic E-state index is -0.888. The van der Waals surface area contributed by atoms with Crippen LogP contribution in [-0.2, 0) is 20.7 Å². The number of guanidine groups is 1. The minimum absolute atomic E-state index is 0.0956. The highest BCUT2D eigenvalue weighted by molar-refractivity contribution is 6.21. The van der Waals surface area contributed by atoms with Gasteiger partial charge in [-0.15, -0.1) is 0 Å². The largest absolute Gasteiger partial charge is 0.444 e. The predicted octanol–water partition coefficient (Wildman–Crippen LogP) is 5.89. The average Bonchev–Trinajstić information content (AvgIpc) is 2.95. The van der Waals surface area contributed by atoms with Gasteiger partial charge in [0.1, 0.15) is 11.2 Å². The molecule has 0 spiro atoms. The third-order valence-electron chi connectivity index (χ3n) is 5.94. The molecular weight excluding hydrogens is 574 g/mol. The molecule has 0 saturated carbocycles. The van der Waals surface area contributed by atoms with Crippen molar-refractivity contribution in [1.29, 1.82) is 5.41 Å². The highest BCUT2D eigenvalue weighted by atomic mass is 16.6. The zero-order valence-electron chi connectivity index (χ0n) is 26.5. The zero-order valence-corrected chi connectivity index (χ0v) is 26.5. The molecule has 3 aromatic carbocycles. The molecule has 11 nitrogen and oxygen atoms in total. The van der Waals surface area contributed by atoms with Gasteiger partial charge in [0.05, 0.1) is 17.9 Å². The maximum Gasteiger partial charge on any atom is 0.421 e. The molecule has 238 valence electrons. The predicted molar refractivity (Wildman–Crippen MR) is 174 cm³/mol. The molecule has 0 aliphatic carbocycles. The normalized spacial score (nSPS) is 11.2. The van der Waals surface area contributed by atoms with Gasteiger partial charge in [0.25, 0.3) is 5.91 Å². The third-order valence-corrected chi connectivity index (χ3v) is 5.94. The molecule has 3 aromatic rings. The van der Waals surface area contributed by atoms with Gasteiger partial charge < -0.3 is 14.8 Å². The van der Waals surface area contributed by atoms with E-state index in [0.29, 0.717) is 29.9 Å². The molecule has 0 aliphatic rings. The summed E-state index contributed by atoms with van der Waals surface area (Å²) >= 11 is 0. The van der Waals surface area contributed by atoms with Crippen LogP contribution in [0.25, 0.3) is 0 Å². The lowest BCUT2D eigenvalue weighted by Gasteiger charge is -2.28. The third kappa shape index (κ3) is 10.9. The minimum Gasteiger partial charge on any atom is -0.444 e. The van der Waals surface area contributed by atoms with Gasteiger partial charge in [-0.3, -0.25) is 20.3 Å². The Labute approximate surface area is 264 Å². The summed E-state index contributed by atoms with van der Waals surface area (Å²) in [6.07, 6.45) is -1.29. The molecule has 0 fully saturated rings. The molecule has 0 aromatic heterocycles. The van der Waals surface area contributed by atoms with E-state index in [4.69, 9.17) is 14.9 Å². The number of anilines is 2. The van der Waals surface area contributed by atoms with E-state index in [-0.39, 0.29) is 6.54 Å². The summed E-state index contributed by atoms with van der Waals surface area (Å²) in [6, 6.07) is 24.2. The average molecular weight is 616 g/mol. The van der Waals surface area contributed by atoms with Crippen LogP contribution in [0.5, 0.6) is 0 Å². The van der Waals surface area contributed by atoms with Crippen LogP contribution in [0, 0.1) is 5.41 Å². The van der Waals surface area contributed by atoms with Crippen LogP contribution in [0.3, 0.4) is 0 Å². The molecule has 0 atom stereocenters. The number of carbonyl (C=O) groups excluding carboxylic acids is 4. The number of amides is 4. The fourth-order valence-corrected chi connectivity index (χ4v) is 4.11. The SMILES string of the molecule is CC(C)(C)OC(=O)NC(=N)N(C(=O)OC(C)(C)C)c1cccc(CCNCC(=O)N(C(=O)c2ccccc2)c2ccccc2)c1. The van der Waals surface area contributed by atoms with Gasteiger partial charge in [0, 0.05) is 5.56 Å². The molecule has 4 amide bonds. The van der Waals surface area contributed by atoms with Gasteiger partial charge >= 0.3 is 12.2 Å². The summed E-state index contributed by atoms with van der Waals surface area (Å²) < 4.78 is 10.7. The Hall–Kier alpha value is -5.03. The molecule has 0 unspecified atom stereocenters. The summed E-state index contributed by atoms with van der Waals surface area (Å²) in [4.78, 5) is 54.1. The maximum absolute atomic E-state index is 13.3. The Balaban J connectivity index is 1.71. The first kappa shape index (κ1) is 34.5. The first-order valence-corrected chi connectivity index (χ1v) is 14.5. The molecular formula is C34H41N5O6. The second-order valence-corrected chi connectivity index (χ2v) is 12.1. The van der Waals surface area contributed by atoms with Crippen molar-refractivity contribution in [3.63, 3.8) is 0 Å². The number of hydrogen-bond acceptors (Lipinski definition) is 8. The lowest BCUT2D eigenvalue weighted by Crippen LogP contribution is -2.49. The second-order valence-electron chi connectivity index (χ2n) is 12.1. The maximum atomic E-state index is 13.3. The lowest BCUT2D eigenvalue weighted by atomic mass is 10.1. The Morgan fingerprint density at radius 1 is 0.733 bits per heavy atom. The smallest absolute Gasteiger partial charge is 0.421 e. The van der Waals surface area contributed by atoms with Crippen LogP contribution in [-0.4, -0.2) is 54.3 Å². The Bertz CT molecular complexity index is 1500. The number of alkyl carbamates (subject to hydrolysis) is 1. The first-order valence-electron chi connectivity index (χ1n) is 14.5. The summed E-state index contributed by atoms with van der Waals surface area (Å²) in [5.74, 6) is -1.38. The Morgan fingerprint density at radius 3 is 1.91 bits per heavy atom. The second kappa shape index (κ2) is 15.1. The molecule has 3 rings (SSSR count). The standard InChI is InChI=1S/C34H41N5O6/c1-33(2,3)44-31(42)37-30(35)39(32(43)45-34(4,5)6)27-19-13-14-24(22-27)20-21-36-23-28(40)38(26-17-11-8-12-18-26)29(41)25-15-9-7-10-16-25/h7-19,22,36H,20-21,23H2,1-6H3,(H2,35,37,42). The van der Waals surface area contributed by atoms with Crippen LogP contribution in [0.1, 0.15) is 57.5 Å². The van der Waals surface area contributed by atoms with Crippen molar-refractivity contribution in [3.8, 4) is 0 Å². The van der Waals surface area contributed by atoms with Crippen molar-refractivity contribution >= 4 is 41.3 Å². The van der Waals surface area contributed by atoms with Gasteiger partial charge in [-0.25, -0.2) is 19.4 Å². The molecule has 0 saturated heterocycles. The number of ether oxygens (including phenoxy) is 2. The molecule has 0 aliphatic heterocycles. The Kier molecular flexibility index (Phi) is 11.6. The van der Waals surface area contributed by atoms with Gasteiger partial charge in [-0.2, -0.15) is 0 Å². The number of nitrogens with zero attached hydrogens (tertiary/aromatic N) is 2. The van der Waals surface area contributed by atoms with E-state index in [0.717, 1.165) is 15.4 Å². The highest BCUT2D eigenvalue weighted by Crippen LogP contribution is 2.21. The van der Waals surface area contributed by atoms with Gasteiger partial charge in [-0.1, -0.05) is 48.5 Å². The molecule has 0 bridgehead atoms. The van der Waals surface area contributed by atoms with E-state index >= 15 is 0 Å². The van der Waals surface area contributed by atoms with E-state index in [2.05, 4.69) is 10.6 Å². The van der Waals surface area contributed by atoms with E-state index in [1.807, 2.05) is 12.1 Å². The van der Waals surface area contributed by atoms with Gasteiger partial charge in [0.15, 0.2) is 0 Å². The van der Waals surface area contributed by atoms with Crippen LogP contribution in [0.15, 0.2) is 84.9 Å². The van der Waals surface area contributed by atoms with Crippen LogP contribution in [0.2, 0.25) is 0 Å². The van der Waals surface area contributed by atoms with Gasteiger partial charge in [-0.05, 0) is 96.5 Å². The van der Waals surface area contributed by atoms with Crippen LogP contribution < -0.4 is 20.4 Å². The first-order chi connectivity index (χ1) is 21.1. The molecule has 3 N–H and O–H groups in total. The number of hydrogen-bond donors (Lipinski definition) is 3. The van der Waals surface area contributed by atoms with E-state index < -0.39 is 41.2 Å². The molecule has 0 heterocycles. The van der Waals surface area contributed by atoms with Crippen molar-refractivity contribution in [2.75, 3.05) is 22.9 Å². The number of carbonyl (C=O) groups is 4. The lowest BCUT2D eigenvalue weighted by molar-refractivity contribution is -0.117. The molecule has 0 radical (unpaired) electrons. The fourth-order valence-electron chi connectivity index (χ4n) is 4.11. The fraction of sp³-hybridized carbons (Fsp3) is 0.324. The number of rotatable bonds is 8. The van der Waals surface area contributed by atoms with E-state index in [1.165, 1.54) is 0 Å². The summed E-state index contributed by atoms with van der Waals surface area (Å²) in [7, 11) is 0. The van der Waals surface area contributed by atoms with Crippen LogP contribution in [0.4, 0.5) is 21.0 Å². The number of para-hydroxylation sites is 1. The zero-order chi connectivity index (χ0) is 33.2. The number of imide groups is 1. The summed E-state index contributed by atoms with van der Waals surface area (Å²) in [6.45, 7) is 10.4.